The molecule has 40 heavy (non-hydrogen) atoms. The molecule has 0 aromatic heterocycles. The molecule has 0 saturated heterocycles. The highest BCUT2D eigenvalue weighted by Gasteiger charge is 2.29. The zero-order valence-corrected chi connectivity index (χ0v) is 24.8. The van der Waals surface area contributed by atoms with Gasteiger partial charge in [0.1, 0.15) is 0 Å². The number of unbranched alkanes of at least 4 members (excludes halogenated alkanes) is 2. The van der Waals surface area contributed by atoms with Crippen molar-refractivity contribution in [2.24, 2.45) is 0 Å². The molecular weight excluding hydrogens is 514 g/mol. The Labute approximate surface area is 243 Å². The molecule has 0 unspecified atom stereocenters. The first kappa shape index (κ1) is 29.6. The topological polar surface area (TPSA) is 52.7 Å². The Balaban J connectivity index is 1.42. The molecule has 6 heteroatoms. The summed E-state index contributed by atoms with van der Waals surface area (Å²) in [4.78, 5) is 32.5. The smallest absolute Gasteiger partial charge is 0.265 e. The predicted octanol–water partition coefficient (Wildman–Crippen LogP) is 7.31. The van der Waals surface area contributed by atoms with Crippen molar-refractivity contribution in [1.82, 2.24) is 10.2 Å². The number of carbonyl (C=O) groups excluding carboxylic acids is 2. The van der Waals surface area contributed by atoms with Crippen LogP contribution in [0.25, 0.3) is 6.08 Å². The van der Waals surface area contributed by atoms with Gasteiger partial charge in [-0.05, 0) is 79.9 Å². The standard InChI is InChI=1S/C34H41N3O2S/c1-4-6-21-36(22-7-5-2)23-20-35-33(38)28-18-16-27(17-19-28)24-32-34(39)37(25-29-13-9-8-12-26(29)3)30-14-10-11-15-31(30)40-32/h8-19,24H,4-7,20-23,25H2,1-3H3,(H,35,38)/b32-24+. The van der Waals surface area contributed by atoms with E-state index in [1.165, 1.54) is 43.0 Å². The second kappa shape index (κ2) is 14.9. The lowest BCUT2D eigenvalue weighted by Gasteiger charge is -2.31. The summed E-state index contributed by atoms with van der Waals surface area (Å²) in [6.45, 7) is 10.7. The molecule has 1 aliphatic rings. The number of carbonyl (C=O) groups is 2. The molecule has 5 nitrogen and oxygen atoms in total. The van der Waals surface area contributed by atoms with Crippen LogP contribution in [-0.4, -0.2) is 42.9 Å². The molecule has 0 spiro atoms. The molecule has 1 aliphatic heterocycles. The fraction of sp³-hybridized carbons (Fsp3) is 0.353. The van der Waals surface area contributed by atoms with Crippen molar-refractivity contribution in [2.45, 2.75) is 57.9 Å². The van der Waals surface area contributed by atoms with Gasteiger partial charge in [0.2, 0.25) is 0 Å². The molecule has 2 amide bonds. The van der Waals surface area contributed by atoms with Crippen LogP contribution < -0.4 is 10.2 Å². The van der Waals surface area contributed by atoms with Crippen molar-refractivity contribution in [1.29, 1.82) is 0 Å². The van der Waals surface area contributed by atoms with E-state index in [9.17, 15) is 9.59 Å². The summed E-state index contributed by atoms with van der Waals surface area (Å²) in [5, 5.41) is 3.07. The third-order valence-corrected chi connectivity index (χ3v) is 8.34. The Morgan fingerprint density at radius 3 is 2.27 bits per heavy atom. The second-order valence-corrected chi connectivity index (χ2v) is 11.4. The maximum atomic E-state index is 13.7. The molecule has 0 aliphatic carbocycles. The van der Waals surface area contributed by atoms with Crippen molar-refractivity contribution in [2.75, 3.05) is 31.1 Å². The van der Waals surface area contributed by atoms with Gasteiger partial charge in [0.15, 0.2) is 0 Å². The van der Waals surface area contributed by atoms with Gasteiger partial charge in [-0.1, -0.05) is 87.0 Å². The first-order valence-electron chi connectivity index (χ1n) is 14.5. The van der Waals surface area contributed by atoms with E-state index in [2.05, 4.69) is 49.2 Å². The lowest BCUT2D eigenvalue weighted by molar-refractivity contribution is -0.114. The van der Waals surface area contributed by atoms with Crippen molar-refractivity contribution in [3.63, 3.8) is 0 Å². The number of thioether (sulfide) groups is 1. The molecule has 0 bridgehead atoms. The van der Waals surface area contributed by atoms with Gasteiger partial charge in [0, 0.05) is 23.5 Å². The number of fused-ring (bicyclic) bond motifs is 1. The molecule has 210 valence electrons. The molecule has 0 radical (unpaired) electrons. The number of para-hydroxylation sites is 1. The van der Waals surface area contributed by atoms with Gasteiger partial charge >= 0.3 is 0 Å². The van der Waals surface area contributed by atoms with Crippen molar-refractivity contribution < 1.29 is 9.59 Å². The van der Waals surface area contributed by atoms with Gasteiger partial charge in [-0.15, -0.1) is 0 Å². The van der Waals surface area contributed by atoms with Gasteiger partial charge in [-0.3, -0.25) is 9.59 Å². The first-order valence-corrected chi connectivity index (χ1v) is 15.3. The second-order valence-electron chi connectivity index (χ2n) is 10.3. The van der Waals surface area contributed by atoms with Crippen LogP contribution in [0, 0.1) is 6.92 Å². The summed E-state index contributed by atoms with van der Waals surface area (Å²) in [5.74, 6) is -0.0731. The van der Waals surface area contributed by atoms with Crippen LogP contribution in [0.2, 0.25) is 0 Å². The normalized spacial score (nSPS) is 14.1. The number of nitrogens with zero attached hydrogens (tertiary/aromatic N) is 2. The number of rotatable bonds is 13. The quantitative estimate of drug-likeness (QED) is 0.225. The molecule has 0 atom stereocenters. The Morgan fingerprint density at radius 2 is 1.57 bits per heavy atom. The third-order valence-electron chi connectivity index (χ3n) is 7.26. The average Bonchev–Trinajstić information content (AvgIpc) is 2.97. The monoisotopic (exact) mass is 555 g/mol. The zero-order valence-electron chi connectivity index (χ0n) is 24.0. The van der Waals surface area contributed by atoms with Gasteiger partial charge in [0.25, 0.3) is 11.8 Å². The SMILES string of the molecule is CCCCN(CCCC)CCNC(=O)c1ccc(/C=C2/Sc3ccccc3N(Cc3ccccc3C)C2=O)cc1. The number of hydrogen-bond acceptors (Lipinski definition) is 4. The van der Waals surface area contributed by atoms with E-state index in [0.29, 0.717) is 23.6 Å². The molecule has 4 rings (SSSR count). The number of aryl methyl sites for hydroxylation is 1. The summed E-state index contributed by atoms with van der Waals surface area (Å²) in [6.07, 6.45) is 6.65. The summed E-state index contributed by atoms with van der Waals surface area (Å²) in [6, 6.07) is 23.7. The Hall–Kier alpha value is -3.35. The molecule has 3 aromatic rings. The van der Waals surface area contributed by atoms with E-state index >= 15 is 0 Å². The fourth-order valence-electron chi connectivity index (χ4n) is 4.79. The number of anilines is 1. The van der Waals surface area contributed by atoms with Crippen molar-refractivity contribution in [3.8, 4) is 0 Å². The zero-order chi connectivity index (χ0) is 28.3. The highest BCUT2D eigenvalue weighted by Crippen LogP contribution is 2.42. The summed E-state index contributed by atoms with van der Waals surface area (Å²) in [7, 11) is 0. The van der Waals surface area contributed by atoms with Gasteiger partial charge < -0.3 is 15.1 Å². The van der Waals surface area contributed by atoms with Crippen LogP contribution in [0.15, 0.2) is 82.6 Å². The average molecular weight is 556 g/mol. The lowest BCUT2D eigenvalue weighted by atomic mass is 10.1. The van der Waals surface area contributed by atoms with Gasteiger partial charge in [-0.25, -0.2) is 0 Å². The van der Waals surface area contributed by atoms with Gasteiger partial charge in [-0.2, -0.15) is 0 Å². The minimum atomic E-state index is -0.0633. The van der Waals surface area contributed by atoms with Crippen molar-refractivity contribution in [3.05, 3.63) is 100.0 Å². The third kappa shape index (κ3) is 7.86. The number of benzene rings is 3. The van der Waals surface area contributed by atoms with Gasteiger partial charge in [0.05, 0.1) is 17.1 Å². The number of hydrogen-bond donors (Lipinski definition) is 1. The van der Waals surface area contributed by atoms with Crippen LogP contribution in [0.5, 0.6) is 0 Å². The molecule has 0 fully saturated rings. The summed E-state index contributed by atoms with van der Waals surface area (Å²) >= 11 is 1.50. The van der Waals surface area contributed by atoms with Crippen LogP contribution >= 0.6 is 11.8 Å². The highest BCUT2D eigenvalue weighted by atomic mass is 32.2. The lowest BCUT2D eigenvalue weighted by Crippen LogP contribution is -2.36. The van der Waals surface area contributed by atoms with Crippen LogP contribution in [0.4, 0.5) is 5.69 Å². The summed E-state index contributed by atoms with van der Waals surface area (Å²) < 4.78 is 0. The van der Waals surface area contributed by atoms with E-state index in [0.717, 1.165) is 41.3 Å². The Kier molecular flexibility index (Phi) is 11.0. The number of nitrogens with one attached hydrogen (secondary N) is 1. The minimum Gasteiger partial charge on any atom is -0.351 e. The predicted molar refractivity (Wildman–Crippen MR) is 168 cm³/mol. The fourth-order valence-corrected chi connectivity index (χ4v) is 5.85. The summed E-state index contributed by atoms with van der Waals surface area (Å²) in [5.41, 5.74) is 4.76. The largest absolute Gasteiger partial charge is 0.351 e. The first-order chi connectivity index (χ1) is 19.5. The Bertz CT molecular complexity index is 1310. The maximum absolute atomic E-state index is 13.7. The number of amides is 2. The maximum Gasteiger partial charge on any atom is 0.265 e. The molecular formula is C34H41N3O2S. The van der Waals surface area contributed by atoms with E-state index in [-0.39, 0.29) is 11.8 Å². The Morgan fingerprint density at radius 1 is 0.900 bits per heavy atom. The van der Waals surface area contributed by atoms with Crippen LogP contribution in [-0.2, 0) is 11.3 Å². The van der Waals surface area contributed by atoms with Crippen LogP contribution in [0.1, 0.15) is 66.6 Å². The van der Waals surface area contributed by atoms with E-state index < -0.39 is 0 Å². The molecule has 1 N–H and O–H groups in total. The van der Waals surface area contributed by atoms with E-state index in [1.807, 2.05) is 65.6 Å². The molecule has 1 heterocycles. The van der Waals surface area contributed by atoms with Crippen LogP contribution in [0.3, 0.4) is 0 Å². The van der Waals surface area contributed by atoms with E-state index in [1.54, 1.807) is 0 Å². The van der Waals surface area contributed by atoms with Crippen molar-refractivity contribution >= 4 is 35.3 Å². The molecule has 3 aromatic carbocycles. The molecule has 0 saturated carbocycles. The van der Waals surface area contributed by atoms with E-state index in [4.69, 9.17) is 0 Å². The highest BCUT2D eigenvalue weighted by molar-refractivity contribution is 8.04. The minimum absolute atomic E-state index is 0.00975.